The van der Waals surface area contributed by atoms with Crippen LogP contribution in [0.5, 0.6) is 0 Å². The van der Waals surface area contributed by atoms with E-state index in [-0.39, 0.29) is 29.6 Å². The Morgan fingerprint density at radius 1 is 1.09 bits per heavy atom. The van der Waals surface area contributed by atoms with Gasteiger partial charge in [0.05, 0.1) is 11.8 Å². The SMILES string of the molecule is CCCCCCCCc1nnc(NC(=O)[C@H](CCSC)N2C(=O)[C@H]3CCCC[C@@H]3C2=O)s1. The minimum Gasteiger partial charge on any atom is -0.299 e. The third-order valence-electron chi connectivity index (χ3n) is 6.53. The minimum atomic E-state index is -0.779. The number of amides is 3. The average Bonchev–Trinajstić information content (AvgIpc) is 3.34. The molecular formula is C23H36N4O3S2. The van der Waals surface area contributed by atoms with Gasteiger partial charge in [-0.25, -0.2) is 0 Å². The first-order valence-electron chi connectivity index (χ1n) is 12.1. The zero-order chi connectivity index (χ0) is 22.9. The fourth-order valence-electron chi connectivity index (χ4n) is 4.75. The Morgan fingerprint density at radius 3 is 2.41 bits per heavy atom. The van der Waals surface area contributed by atoms with Crippen molar-refractivity contribution in [2.45, 2.75) is 90.0 Å². The first-order valence-corrected chi connectivity index (χ1v) is 14.3. The van der Waals surface area contributed by atoms with Crippen molar-refractivity contribution in [3.8, 4) is 0 Å². The van der Waals surface area contributed by atoms with Crippen LogP contribution in [0, 0.1) is 11.8 Å². The molecule has 1 aromatic heterocycles. The van der Waals surface area contributed by atoms with Gasteiger partial charge in [0.2, 0.25) is 22.9 Å². The number of hydrogen-bond acceptors (Lipinski definition) is 7. The van der Waals surface area contributed by atoms with Crippen molar-refractivity contribution in [3.05, 3.63) is 5.01 Å². The number of imide groups is 1. The zero-order valence-electron chi connectivity index (χ0n) is 19.3. The van der Waals surface area contributed by atoms with Crippen LogP contribution in [0.15, 0.2) is 0 Å². The summed E-state index contributed by atoms with van der Waals surface area (Å²) in [5, 5.41) is 12.5. The maximum atomic E-state index is 13.1. The Morgan fingerprint density at radius 2 is 1.75 bits per heavy atom. The monoisotopic (exact) mass is 480 g/mol. The molecule has 32 heavy (non-hydrogen) atoms. The van der Waals surface area contributed by atoms with Crippen molar-refractivity contribution >= 4 is 46.0 Å². The van der Waals surface area contributed by atoms with Gasteiger partial charge in [0.15, 0.2) is 0 Å². The van der Waals surface area contributed by atoms with Crippen LogP contribution in [-0.4, -0.2) is 50.9 Å². The third-order valence-corrected chi connectivity index (χ3v) is 8.07. The highest BCUT2D eigenvalue weighted by atomic mass is 32.2. The molecule has 1 N–H and O–H groups in total. The molecule has 3 rings (SSSR count). The normalized spacial score (nSPS) is 21.6. The van der Waals surface area contributed by atoms with Crippen LogP contribution < -0.4 is 5.32 Å². The lowest BCUT2D eigenvalue weighted by molar-refractivity contribution is -0.146. The number of likely N-dealkylation sites (tertiary alicyclic amines) is 1. The average molecular weight is 481 g/mol. The number of anilines is 1. The van der Waals surface area contributed by atoms with Gasteiger partial charge in [0, 0.05) is 6.42 Å². The number of carbonyl (C=O) groups is 3. The minimum absolute atomic E-state index is 0.165. The number of fused-ring (bicyclic) bond motifs is 1. The lowest BCUT2D eigenvalue weighted by atomic mass is 9.81. The van der Waals surface area contributed by atoms with Gasteiger partial charge in [0.25, 0.3) is 0 Å². The van der Waals surface area contributed by atoms with Crippen LogP contribution in [0.4, 0.5) is 5.13 Å². The molecule has 0 spiro atoms. The molecule has 1 aromatic rings. The van der Waals surface area contributed by atoms with Gasteiger partial charge < -0.3 is 0 Å². The summed E-state index contributed by atoms with van der Waals surface area (Å²) >= 11 is 2.99. The molecule has 1 saturated heterocycles. The van der Waals surface area contributed by atoms with Crippen LogP contribution in [0.3, 0.4) is 0 Å². The molecule has 3 atom stereocenters. The molecule has 3 amide bonds. The molecule has 1 saturated carbocycles. The van der Waals surface area contributed by atoms with Crippen LogP contribution >= 0.6 is 23.1 Å². The van der Waals surface area contributed by atoms with Crippen LogP contribution in [0.2, 0.25) is 0 Å². The summed E-state index contributed by atoms with van der Waals surface area (Å²) < 4.78 is 0. The first-order chi connectivity index (χ1) is 15.6. The summed E-state index contributed by atoms with van der Waals surface area (Å²) in [5.74, 6) is -0.452. The van der Waals surface area contributed by atoms with E-state index < -0.39 is 6.04 Å². The van der Waals surface area contributed by atoms with Crippen LogP contribution in [-0.2, 0) is 20.8 Å². The maximum Gasteiger partial charge on any atom is 0.249 e. The molecule has 2 fully saturated rings. The summed E-state index contributed by atoms with van der Waals surface area (Å²) in [6.07, 6.45) is 14.0. The summed E-state index contributed by atoms with van der Waals surface area (Å²) in [7, 11) is 0. The molecule has 0 bridgehead atoms. The predicted octanol–water partition coefficient (Wildman–Crippen LogP) is 4.68. The molecule has 1 aliphatic carbocycles. The standard InChI is InChI=1S/C23H36N4O3S2/c1-3-4-5-6-7-8-13-19-25-26-23(32-19)24-20(28)18(14-15-31-2)27-21(29)16-11-9-10-12-17(16)22(27)30/h16-18H,3-15H2,1-2H3,(H,24,26,28)/t16-,17-,18-/m0/s1. The van der Waals surface area contributed by atoms with Gasteiger partial charge in [-0.3, -0.25) is 24.6 Å². The fraction of sp³-hybridized carbons (Fsp3) is 0.783. The molecule has 0 radical (unpaired) electrons. The van der Waals surface area contributed by atoms with E-state index in [0.29, 0.717) is 17.3 Å². The van der Waals surface area contributed by atoms with Crippen molar-refractivity contribution in [3.63, 3.8) is 0 Å². The highest BCUT2D eigenvalue weighted by molar-refractivity contribution is 7.98. The number of nitrogens with zero attached hydrogens (tertiary/aromatic N) is 3. The lowest BCUT2D eigenvalue weighted by Crippen LogP contribution is -2.48. The largest absolute Gasteiger partial charge is 0.299 e. The smallest absolute Gasteiger partial charge is 0.249 e. The van der Waals surface area contributed by atoms with Gasteiger partial charge in [-0.05, 0) is 37.7 Å². The van der Waals surface area contributed by atoms with E-state index in [4.69, 9.17) is 0 Å². The maximum absolute atomic E-state index is 13.1. The van der Waals surface area contributed by atoms with Crippen LogP contribution in [0.25, 0.3) is 0 Å². The first kappa shape index (κ1) is 25.1. The predicted molar refractivity (Wildman–Crippen MR) is 130 cm³/mol. The van der Waals surface area contributed by atoms with Gasteiger partial charge in [0.1, 0.15) is 11.0 Å². The number of carbonyl (C=O) groups excluding carboxylic acids is 3. The number of aryl methyl sites for hydroxylation is 1. The molecule has 0 aromatic carbocycles. The van der Waals surface area contributed by atoms with E-state index in [0.717, 1.165) is 43.5 Å². The van der Waals surface area contributed by atoms with Crippen molar-refractivity contribution in [2.75, 3.05) is 17.3 Å². The highest BCUT2D eigenvalue weighted by Crippen LogP contribution is 2.39. The second-order valence-corrected chi connectivity index (χ2v) is 10.9. The molecule has 0 unspecified atom stereocenters. The Hall–Kier alpha value is -1.48. The quantitative estimate of drug-likeness (QED) is 0.326. The Balaban J connectivity index is 1.59. The molecule has 7 nitrogen and oxygen atoms in total. The van der Waals surface area contributed by atoms with E-state index in [1.54, 1.807) is 11.8 Å². The van der Waals surface area contributed by atoms with E-state index in [1.165, 1.54) is 48.3 Å². The second-order valence-electron chi connectivity index (χ2n) is 8.85. The molecule has 9 heteroatoms. The summed E-state index contributed by atoms with van der Waals surface area (Å²) in [4.78, 5) is 40.5. The number of rotatable bonds is 13. The van der Waals surface area contributed by atoms with Gasteiger partial charge >= 0.3 is 0 Å². The zero-order valence-corrected chi connectivity index (χ0v) is 20.9. The van der Waals surface area contributed by atoms with E-state index >= 15 is 0 Å². The highest BCUT2D eigenvalue weighted by Gasteiger charge is 2.51. The number of thioether (sulfide) groups is 1. The Labute approximate surface area is 199 Å². The number of hydrogen-bond donors (Lipinski definition) is 1. The number of unbranched alkanes of at least 4 members (excludes halogenated alkanes) is 5. The molecule has 2 aliphatic rings. The van der Waals surface area contributed by atoms with Gasteiger partial charge in [-0.15, -0.1) is 10.2 Å². The van der Waals surface area contributed by atoms with Crippen molar-refractivity contribution < 1.29 is 14.4 Å². The molecular weight excluding hydrogens is 444 g/mol. The van der Waals surface area contributed by atoms with Gasteiger partial charge in [-0.2, -0.15) is 11.8 Å². The van der Waals surface area contributed by atoms with E-state index in [1.807, 2.05) is 6.26 Å². The summed E-state index contributed by atoms with van der Waals surface area (Å²) in [6, 6.07) is -0.779. The Bertz CT molecular complexity index is 761. The molecule has 178 valence electrons. The van der Waals surface area contributed by atoms with Crippen molar-refractivity contribution in [1.29, 1.82) is 0 Å². The second kappa shape index (κ2) is 12.7. The fourth-order valence-corrected chi connectivity index (χ4v) is 6.00. The summed E-state index contributed by atoms with van der Waals surface area (Å²) in [5.41, 5.74) is 0. The topological polar surface area (TPSA) is 92.3 Å². The van der Waals surface area contributed by atoms with Crippen molar-refractivity contribution in [2.24, 2.45) is 11.8 Å². The number of aromatic nitrogens is 2. The van der Waals surface area contributed by atoms with E-state index in [9.17, 15) is 14.4 Å². The lowest BCUT2D eigenvalue weighted by Gasteiger charge is -2.25. The Kier molecular flexibility index (Phi) is 9.96. The summed E-state index contributed by atoms with van der Waals surface area (Å²) in [6.45, 7) is 2.21. The van der Waals surface area contributed by atoms with E-state index in [2.05, 4.69) is 22.4 Å². The number of nitrogens with one attached hydrogen (secondary N) is 1. The molecule has 2 heterocycles. The molecule has 1 aliphatic heterocycles. The van der Waals surface area contributed by atoms with Crippen molar-refractivity contribution in [1.82, 2.24) is 15.1 Å². The van der Waals surface area contributed by atoms with Crippen LogP contribution in [0.1, 0.15) is 82.6 Å². The third kappa shape index (κ3) is 6.31. The van der Waals surface area contributed by atoms with Gasteiger partial charge in [-0.1, -0.05) is 63.2 Å².